The van der Waals surface area contributed by atoms with E-state index in [1.165, 1.54) is 36.4 Å². The molecule has 1 aliphatic heterocycles. The van der Waals surface area contributed by atoms with Crippen LogP contribution < -0.4 is 10.2 Å². The fourth-order valence-electron chi connectivity index (χ4n) is 4.35. The van der Waals surface area contributed by atoms with E-state index in [0.29, 0.717) is 16.8 Å². The van der Waals surface area contributed by atoms with Crippen molar-refractivity contribution in [3.05, 3.63) is 76.5 Å². The third-order valence-corrected chi connectivity index (χ3v) is 5.96. The molecule has 1 atom stereocenters. The second kappa shape index (κ2) is 10.0. The van der Waals surface area contributed by atoms with Gasteiger partial charge in [0.05, 0.1) is 23.4 Å². The summed E-state index contributed by atoms with van der Waals surface area (Å²) < 4.78 is 26.8. The number of carbonyl (C=O) groups excluding carboxylic acids is 3. The van der Waals surface area contributed by atoms with Crippen LogP contribution in [0, 0.1) is 11.3 Å². The van der Waals surface area contributed by atoms with Crippen LogP contribution >= 0.6 is 0 Å². The summed E-state index contributed by atoms with van der Waals surface area (Å²) in [4.78, 5) is 42.1. The SMILES string of the molecule is N#Cc1ccc(C2C3=C(CCC3=O)N(c3cccc(C(F)F)c3)C(=O)N2C(=O)NCCCO)cc1. The number of Topliss-reactive ketones (excluding diaryl/α,β-unsaturated/α-hetero) is 1. The van der Waals surface area contributed by atoms with Crippen LogP contribution in [0.2, 0.25) is 0 Å². The number of nitrogens with one attached hydrogen (secondary N) is 1. The number of nitrogens with zero attached hydrogens (tertiary/aromatic N) is 3. The van der Waals surface area contributed by atoms with Crippen LogP contribution in [0.25, 0.3) is 0 Å². The van der Waals surface area contributed by atoms with Crippen molar-refractivity contribution in [2.75, 3.05) is 18.1 Å². The number of amides is 4. The lowest BCUT2D eigenvalue weighted by Gasteiger charge is -2.41. The number of alkyl halides is 2. The van der Waals surface area contributed by atoms with Crippen molar-refractivity contribution in [3.8, 4) is 6.07 Å². The predicted molar refractivity (Wildman–Crippen MR) is 121 cm³/mol. The van der Waals surface area contributed by atoms with Crippen LogP contribution in [0.15, 0.2) is 59.8 Å². The Morgan fingerprint density at radius 1 is 1.17 bits per heavy atom. The number of aliphatic hydroxyl groups excluding tert-OH is 1. The molecule has 0 aromatic heterocycles. The molecule has 4 rings (SSSR count). The lowest BCUT2D eigenvalue weighted by Crippen LogP contribution is -2.55. The third-order valence-electron chi connectivity index (χ3n) is 5.96. The summed E-state index contributed by atoms with van der Waals surface area (Å²) in [5.41, 5.74) is 1.25. The highest BCUT2D eigenvalue weighted by atomic mass is 19.3. The van der Waals surface area contributed by atoms with Crippen LogP contribution in [-0.2, 0) is 4.79 Å². The average molecular weight is 480 g/mol. The van der Waals surface area contributed by atoms with E-state index in [4.69, 9.17) is 10.4 Å². The molecule has 1 aliphatic carbocycles. The second-order valence-electron chi connectivity index (χ2n) is 8.11. The summed E-state index contributed by atoms with van der Waals surface area (Å²) in [6.45, 7) is -0.0898. The number of carbonyl (C=O) groups is 3. The molecule has 180 valence electrons. The van der Waals surface area contributed by atoms with Gasteiger partial charge in [-0.2, -0.15) is 5.26 Å². The maximum Gasteiger partial charge on any atom is 0.337 e. The van der Waals surface area contributed by atoms with E-state index in [1.54, 1.807) is 12.1 Å². The lowest BCUT2D eigenvalue weighted by atomic mass is 9.92. The molecule has 2 N–H and O–H groups in total. The molecule has 10 heteroatoms. The highest BCUT2D eigenvalue weighted by molar-refractivity contribution is 6.12. The smallest absolute Gasteiger partial charge is 0.337 e. The first-order valence-electron chi connectivity index (χ1n) is 11.0. The summed E-state index contributed by atoms with van der Waals surface area (Å²) in [5.74, 6) is -0.259. The molecule has 8 nitrogen and oxygen atoms in total. The Labute approximate surface area is 200 Å². The molecular formula is C25H22F2N4O4. The van der Waals surface area contributed by atoms with E-state index < -0.39 is 24.5 Å². The number of urea groups is 2. The van der Waals surface area contributed by atoms with Gasteiger partial charge in [-0.1, -0.05) is 24.3 Å². The van der Waals surface area contributed by atoms with Crippen molar-refractivity contribution in [3.63, 3.8) is 0 Å². The number of nitriles is 1. The normalized spacial score (nSPS) is 17.6. The number of hydrogen-bond donors (Lipinski definition) is 2. The summed E-state index contributed by atoms with van der Waals surface area (Å²) in [6.07, 6.45) is -2.19. The molecule has 2 aromatic rings. The molecule has 0 bridgehead atoms. The van der Waals surface area contributed by atoms with Gasteiger partial charge < -0.3 is 10.4 Å². The number of rotatable bonds is 6. The van der Waals surface area contributed by atoms with Gasteiger partial charge in [0.25, 0.3) is 6.43 Å². The fraction of sp³-hybridized carbons (Fsp3) is 0.280. The van der Waals surface area contributed by atoms with E-state index in [9.17, 15) is 23.2 Å². The van der Waals surface area contributed by atoms with Crippen molar-refractivity contribution in [1.29, 1.82) is 5.26 Å². The first-order chi connectivity index (χ1) is 16.9. The van der Waals surface area contributed by atoms with E-state index in [1.807, 2.05) is 6.07 Å². The monoisotopic (exact) mass is 480 g/mol. The van der Waals surface area contributed by atoms with Gasteiger partial charge in [0, 0.05) is 36.4 Å². The Balaban J connectivity index is 1.87. The summed E-state index contributed by atoms with van der Waals surface area (Å²) in [5, 5.41) is 20.8. The molecule has 2 aromatic carbocycles. The first-order valence-corrected chi connectivity index (χ1v) is 11.0. The van der Waals surface area contributed by atoms with Crippen LogP contribution in [0.1, 0.15) is 48.4 Å². The molecule has 0 radical (unpaired) electrons. The zero-order chi connectivity index (χ0) is 25.1. The lowest BCUT2D eigenvalue weighted by molar-refractivity contribution is -0.115. The van der Waals surface area contributed by atoms with Gasteiger partial charge in [-0.25, -0.2) is 23.3 Å². The van der Waals surface area contributed by atoms with Crippen molar-refractivity contribution in [2.24, 2.45) is 0 Å². The minimum Gasteiger partial charge on any atom is -0.396 e. The Bertz CT molecular complexity index is 1240. The Hall–Kier alpha value is -4.10. The van der Waals surface area contributed by atoms with Gasteiger partial charge in [-0.05, 0) is 42.7 Å². The maximum atomic E-state index is 13.8. The van der Waals surface area contributed by atoms with Crippen LogP contribution in [0.3, 0.4) is 0 Å². The largest absolute Gasteiger partial charge is 0.396 e. The summed E-state index contributed by atoms with van der Waals surface area (Å²) >= 11 is 0. The Morgan fingerprint density at radius 3 is 2.57 bits per heavy atom. The van der Waals surface area contributed by atoms with Crippen molar-refractivity contribution in [1.82, 2.24) is 10.2 Å². The summed E-state index contributed by atoms with van der Waals surface area (Å²) in [7, 11) is 0. The zero-order valence-electron chi connectivity index (χ0n) is 18.6. The van der Waals surface area contributed by atoms with Gasteiger partial charge in [-0.3, -0.25) is 9.69 Å². The molecule has 0 spiro atoms. The molecule has 4 amide bonds. The number of aliphatic hydroxyl groups is 1. The Kier molecular flexibility index (Phi) is 6.89. The molecular weight excluding hydrogens is 458 g/mol. The molecule has 0 saturated heterocycles. The molecule has 35 heavy (non-hydrogen) atoms. The minimum absolute atomic E-state index is 0.0833. The predicted octanol–water partition coefficient (Wildman–Crippen LogP) is 4.19. The number of hydrogen-bond acceptors (Lipinski definition) is 5. The number of halogens is 2. The van der Waals surface area contributed by atoms with Gasteiger partial charge in [0.1, 0.15) is 0 Å². The summed E-state index contributed by atoms with van der Waals surface area (Å²) in [6, 6.07) is 10.8. The number of benzene rings is 2. The zero-order valence-corrected chi connectivity index (χ0v) is 18.6. The van der Waals surface area contributed by atoms with E-state index >= 15 is 0 Å². The minimum atomic E-state index is -2.77. The van der Waals surface area contributed by atoms with Gasteiger partial charge in [0.15, 0.2) is 5.78 Å². The van der Waals surface area contributed by atoms with Gasteiger partial charge in [-0.15, -0.1) is 0 Å². The number of ketones is 1. The molecule has 1 heterocycles. The number of imide groups is 1. The fourth-order valence-corrected chi connectivity index (χ4v) is 4.35. The molecule has 0 saturated carbocycles. The van der Waals surface area contributed by atoms with E-state index in [-0.39, 0.29) is 55.0 Å². The van der Waals surface area contributed by atoms with E-state index in [2.05, 4.69) is 5.32 Å². The average Bonchev–Trinajstić information content (AvgIpc) is 3.24. The van der Waals surface area contributed by atoms with Gasteiger partial charge >= 0.3 is 12.1 Å². The molecule has 2 aliphatic rings. The van der Waals surface area contributed by atoms with Crippen LogP contribution in [0.5, 0.6) is 0 Å². The maximum absolute atomic E-state index is 13.8. The van der Waals surface area contributed by atoms with Crippen LogP contribution in [0.4, 0.5) is 24.1 Å². The Morgan fingerprint density at radius 2 is 1.91 bits per heavy atom. The van der Waals surface area contributed by atoms with Crippen molar-refractivity contribution < 1.29 is 28.3 Å². The molecule has 0 fully saturated rings. The number of allylic oxidation sites excluding steroid dienone is 1. The van der Waals surface area contributed by atoms with Gasteiger partial charge in [0.2, 0.25) is 0 Å². The van der Waals surface area contributed by atoms with Crippen molar-refractivity contribution in [2.45, 2.75) is 31.7 Å². The van der Waals surface area contributed by atoms with E-state index in [0.717, 1.165) is 9.80 Å². The number of anilines is 1. The van der Waals surface area contributed by atoms with Crippen molar-refractivity contribution >= 4 is 23.5 Å². The first kappa shape index (κ1) is 24.0. The molecule has 1 unspecified atom stereocenters. The topological polar surface area (TPSA) is 114 Å². The highest BCUT2D eigenvalue weighted by Gasteiger charge is 2.48. The third kappa shape index (κ3) is 4.50. The van der Waals surface area contributed by atoms with Crippen LogP contribution in [-0.4, -0.2) is 41.0 Å². The second-order valence-corrected chi connectivity index (χ2v) is 8.11. The quantitative estimate of drug-likeness (QED) is 0.602. The highest BCUT2D eigenvalue weighted by Crippen LogP contribution is 2.45. The standard InChI is InChI=1S/C25H22F2N4O4/c26-23(27)17-3-1-4-18(13-17)30-19-9-10-20(33)21(19)22(16-7-5-15(14-28)6-8-16)31(25(30)35)24(34)29-11-2-12-32/h1,3-8,13,22-23,32H,2,9-12H2,(H,29,34).